The molecule has 160 valence electrons. The van der Waals surface area contributed by atoms with E-state index >= 15 is 0 Å². The minimum absolute atomic E-state index is 0.110. The highest BCUT2D eigenvalue weighted by Crippen LogP contribution is 2.66. The van der Waals surface area contributed by atoms with Gasteiger partial charge in [-0.1, -0.05) is 13.8 Å². The van der Waals surface area contributed by atoms with Gasteiger partial charge >= 0.3 is 0 Å². The van der Waals surface area contributed by atoms with E-state index in [2.05, 4.69) is 18.7 Å². The van der Waals surface area contributed by atoms with E-state index in [1.807, 2.05) is 0 Å². The summed E-state index contributed by atoms with van der Waals surface area (Å²) in [5, 5.41) is 32.1. The summed E-state index contributed by atoms with van der Waals surface area (Å²) in [6.07, 6.45) is 6.09. The number of hydrogen-bond donors (Lipinski definition) is 3. The smallest absolute Gasteiger partial charge is 0.0855 e. The van der Waals surface area contributed by atoms with Crippen molar-refractivity contribution in [2.24, 2.45) is 34.5 Å². The number of rotatable bonds is 1. The molecule has 0 bridgehead atoms. The van der Waals surface area contributed by atoms with Crippen LogP contribution in [0.25, 0.3) is 0 Å². The SMILES string of the molecule is C[C@]12CC(N3CCOCC3)C(O)CC1CCC1C2CC[C@]2(C)C(O)C(O)CC12. The van der Waals surface area contributed by atoms with Gasteiger partial charge in [0.1, 0.15) is 0 Å². The fourth-order valence-electron chi connectivity index (χ4n) is 8.54. The molecule has 0 aromatic heterocycles. The first-order valence-corrected chi connectivity index (χ1v) is 11.7. The van der Waals surface area contributed by atoms with Crippen LogP contribution in [0.5, 0.6) is 0 Å². The summed E-state index contributed by atoms with van der Waals surface area (Å²) in [6, 6.07) is 0.261. The number of nitrogens with zero attached hydrogens (tertiary/aromatic N) is 1. The molecule has 4 aliphatic carbocycles. The third-order valence-corrected chi connectivity index (χ3v) is 10.2. The molecule has 28 heavy (non-hydrogen) atoms. The molecule has 0 amide bonds. The van der Waals surface area contributed by atoms with Crippen molar-refractivity contribution in [3.05, 3.63) is 0 Å². The normalized spacial score (nSPS) is 57.3. The van der Waals surface area contributed by atoms with Crippen molar-refractivity contribution in [2.75, 3.05) is 26.3 Å². The van der Waals surface area contributed by atoms with Crippen molar-refractivity contribution in [3.63, 3.8) is 0 Å². The van der Waals surface area contributed by atoms with E-state index in [1.165, 1.54) is 19.3 Å². The lowest BCUT2D eigenvalue weighted by molar-refractivity contribution is -0.158. The molecule has 5 aliphatic rings. The lowest BCUT2D eigenvalue weighted by atomic mass is 9.44. The van der Waals surface area contributed by atoms with Crippen molar-refractivity contribution in [1.29, 1.82) is 0 Å². The van der Waals surface area contributed by atoms with Gasteiger partial charge in [-0.3, -0.25) is 4.90 Å². The second-order valence-electron chi connectivity index (χ2n) is 11.2. The molecular weight excluding hydrogens is 354 g/mol. The zero-order valence-corrected chi connectivity index (χ0v) is 17.6. The van der Waals surface area contributed by atoms with Crippen molar-refractivity contribution < 1.29 is 20.1 Å². The highest BCUT2D eigenvalue weighted by atomic mass is 16.5. The first kappa shape index (κ1) is 19.7. The molecule has 0 aromatic carbocycles. The number of fused-ring (bicyclic) bond motifs is 5. The number of ether oxygens (including phenoxy) is 1. The predicted octanol–water partition coefficient (Wildman–Crippen LogP) is 2.03. The summed E-state index contributed by atoms with van der Waals surface area (Å²) in [5.41, 5.74) is 0.159. The number of aliphatic hydroxyl groups is 3. The van der Waals surface area contributed by atoms with E-state index in [9.17, 15) is 15.3 Å². The van der Waals surface area contributed by atoms with Crippen LogP contribution in [0, 0.1) is 34.5 Å². The minimum Gasteiger partial charge on any atom is -0.391 e. The van der Waals surface area contributed by atoms with Crippen molar-refractivity contribution >= 4 is 0 Å². The van der Waals surface area contributed by atoms with Gasteiger partial charge in [0.15, 0.2) is 0 Å². The van der Waals surface area contributed by atoms with Crippen LogP contribution < -0.4 is 0 Å². The van der Waals surface area contributed by atoms with Crippen LogP contribution in [0.1, 0.15) is 58.8 Å². The molecule has 1 aliphatic heterocycles. The molecule has 5 rings (SSSR count). The van der Waals surface area contributed by atoms with Gasteiger partial charge in [-0.05, 0) is 79.4 Å². The number of aliphatic hydroxyl groups excluding tert-OH is 3. The van der Waals surface area contributed by atoms with Gasteiger partial charge in [0.2, 0.25) is 0 Å². The Hall–Kier alpha value is -0.200. The third kappa shape index (κ3) is 2.76. The fraction of sp³-hybridized carbons (Fsp3) is 1.00. The lowest BCUT2D eigenvalue weighted by Gasteiger charge is -2.62. The molecule has 5 fully saturated rings. The zero-order valence-electron chi connectivity index (χ0n) is 17.6. The predicted molar refractivity (Wildman–Crippen MR) is 107 cm³/mol. The molecule has 0 spiro atoms. The topological polar surface area (TPSA) is 73.2 Å². The third-order valence-electron chi connectivity index (χ3n) is 10.2. The first-order chi connectivity index (χ1) is 13.3. The van der Waals surface area contributed by atoms with Crippen LogP contribution in [0.15, 0.2) is 0 Å². The molecular formula is C23H39NO4. The monoisotopic (exact) mass is 393 g/mol. The van der Waals surface area contributed by atoms with Crippen molar-refractivity contribution in [1.82, 2.24) is 4.90 Å². The van der Waals surface area contributed by atoms with Gasteiger partial charge in [0.05, 0.1) is 31.5 Å². The Balaban J connectivity index is 1.41. The van der Waals surface area contributed by atoms with Crippen molar-refractivity contribution in [3.8, 4) is 0 Å². The maximum atomic E-state index is 11.0. The summed E-state index contributed by atoms with van der Waals surface area (Å²) >= 11 is 0. The molecule has 0 aromatic rings. The molecule has 5 heteroatoms. The van der Waals surface area contributed by atoms with Gasteiger partial charge in [-0.25, -0.2) is 0 Å². The first-order valence-electron chi connectivity index (χ1n) is 11.7. The molecule has 3 N–H and O–H groups in total. The second kappa shape index (κ2) is 6.91. The molecule has 4 saturated carbocycles. The summed E-state index contributed by atoms with van der Waals surface area (Å²) in [4.78, 5) is 2.48. The van der Waals surface area contributed by atoms with E-state index in [0.29, 0.717) is 23.7 Å². The average molecular weight is 394 g/mol. The van der Waals surface area contributed by atoms with Crippen LogP contribution >= 0.6 is 0 Å². The molecule has 1 heterocycles. The molecule has 0 radical (unpaired) electrons. The van der Waals surface area contributed by atoms with Gasteiger partial charge in [0, 0.05) is 19.1 Å². The van der Waals surface area contributed by atoms with Crippen LogP contribution in [0.3, 0.4) is 0 Å². The maximum Gasteiger partial charge on any atom is 0.0855 e. The van der Waals surface area contributed by atoms with E-state index in [-0.39, 0.29) is 23.0 Å². The molecule has 8 unspecified atom stereocenters. The quantitative estimate of drug-likeness (QED) is 0.636. The summed E-state index contributed by atoms with van der Waals surface area (Å²) in [5.74, 6) is 2.34. The molecule has 10 atom stereocenters. The zero-order chi connectivity index (χ0) is 19.7. The van der Waals surface area contributed by atoms with Crippen LogP contribution in [-0.2, 0) is 4.74 Å². The Morgan fingerprint density at radius 2 is 1.61 bits per heavy atom. The largest absolute Gasteiger partial charge is 0.391 e. The van der Waals surface area contributed by atoms with E-state index < -0.39 is 12.2 Å². The standard InChI is InChI=1S/C23H39NO4/c1-22-6-5-16-15(17(22)12-20(26)21(22)27)4-3-14-11-19(25)18(13-23(14,16)2)24-7-9-28-10-8-24/h14-21,25-27H,3-13H2,1-2H3/t14?,15?,16?,17?,18?,19?,20?,21?,22-,23-/m0/s1. The Morgan fingerprint density at radius 1 is 0.857 bits per heavy atom. The molecule has 5 nitrogen and oxygen atoms in total. The summed E-state index contributed by atoms with van der Waals surface area (Å²) in [7, 11) is 0. The Labute approximate surface area is 169 Å². The Bertz CT molecular complexity index is 595. The van der Waals surface area contributed by atoms with E-state index in [1.54, 1.807) is 0 Å². The fourth-order valence-corrected chi connectivity index (χ4v) is 8.54. The van der Waals surface area contributed by atoms with E-state index in [0.717, 1.165) is 52.0 Å². The Morgan fingerprint density at radius 3 is 2.36 bits per heavy atom. The Kier molecular flexibility index (Phi) is 4.87. The maximum absolute atomic E-state index is 11.0. The highest BCUT2D eigenvalue weighted by Gasteiger charge is 2.63. The average Bonchev–Trinajstić information content (AvgIpc) is 2.92. The van der Waals surface area contributed by atoms with Crippen LogP contribution in [0.4, 0.5) is 0 Å². The minimum atomic E-state index is -0.557. The second-order valence-corrected chi connectivity index (χ2v) is 11.2. The highest BCUT2D eigenvalue weighted by molar-refractivity contribution is 5.12. The van der Waals surface area contributed by atoms with Crippen molar-refractivity contribution in [2.45, 2.75) is 83.1 Å². The van der Waals surface area contributed by atoms with Crippen LogP contribution in [-0.4, -0.2) is 70.9 Å². The molecule has 1 saturated heterocycles. The summed E-state index contributed by atoms with van der Waals surface area (Å²) in [6.45, 7) is 8.19. The lowest BCUT2D eigenvalue weighted by Crippen LogP contribution is -2.61. The number of hydrogen-bond acceptors (Lipinski definition) is 5. The van der Waals surface area contributed by atoms with Gasteiger partial charge in [-0.15, -0.1) is 0 Å². The van der Waals surface area contributed by atoms with Gasteiger partial charge in [0.25, 0.3) is 0 Å². The summed E-state index contributed by atoms with van der Waals surface area (Å²) < 4.78 is 5.55. The van der Waals surface area contributed by atoms with Crippen LogP contribution in [0.2, 0.25) is 0 Å². The van der Waals surface area contributed by atoms with E-state index in [4.69, 9.17) is 4.74 Å². The van der Waals surface area contributed by atoms with Gasteiger partial charge < -0.3 is 20.1 Å². The van der Waals surface area contributed by atoms with Gasteiger partial charge in [-0.2, -0.15) is 0 Å². The number of morpholine rings is 1.